The van der Waals surface area contributed by atoms with Crippen molar-refractivity contribution in [2.45, 2.75) is 38.8 Å². The molecular weight excluding hydrogens is 433 g/mol. The van der Waals surface area contributed by atoms with Crippen LogP contribution in [0.3, 0.4) is 0 Å². The van der Waals surface area contributed by atoms with Gasteiger partial charge in [-0.05, 0) is 49.9 Å². The molecule has 7 nitrogen and oxygen atoms in total. The number of hydrogen-bond donors (Lipinski definition) is 0. The number of carbonyl (C=O) groups excluding carboxylic acids is 1. The van der Waals surface area contributed by atoms with Gasteiger partial charge in [0.25, 0.3) is 0 Å². The van der Waals surface area contributed by atoms with Gasteiger partial charge in [-0.3, -0.25) is 18.0 Å². The van der Waals surface area contributed by atoms with Crippen molar-refractivity contribution in [3.8, 4) is 11.1 Å². The minimum atomic E-state index is -2.64. The molecule has 0 N–H and O–H groups in total. The van der Waals surface area contributed by atoms with Crippen molar-refractivity contribution in [3.05, 3.63) is 71.8 Å². The fourth-order valence-corrected chi connectivity index (χ4v) is 4.88. The number of aromatic nitrogens is 2. The summed E-state index contributed by atoms with van der Waals surface area (Å²) in [5, 5.41) is 4.29. The third-order valence-electron chi connectivity index (χ3n) is 5.55. The number of esters is 1. The first-order valence-corrected chi connectivity index (χ1v) is 11.5. The second-order valence-corrected chi connectivity index (χ2v) is 8.32. The molecule has 32 heavy (non-hydrogen) atoms. The lowest BCUT2D eigenvalue weighted by Crippen LogP contribution is -2.33. The number of fused-ring (bicyclic) bond motifs is 1. The summed E-state index contributed by atoms with van der Waals surface area (Å²) >= 11 is -2.64. The maximum atomic E-state index is 14.9. The zero-order valence-electron chi connectivity index (χ0n) is 17.6. The highest BCUT2D eigenvalue weighted by atomic mass is 32.2. The average molecular weight is 457 g/mol. The Morgan fingerprint density at radius 2 is 2.09 bits per heavy atom. The molecule has 2 aromatic carbocycles. The van der Waals surface area contributed by atoms with E-state index in [4.69, 9.17) is 4.74 Å². The van der Waals surface area contributed by atoms with Crippen molar-refractivity contribution in [2.24, 2.45) is 0 Å². The lowest BCUT2D eigenvalue weighted by atomic mass is 9.92. The van der Waals surface area contributed by atoms with Gasteiger partial charge in [-0.1, -0.05) is 30.3 Å². The van der Waals surface area contributed by atoms with Crippen LogP contribution in [0, 0.1) is 5.82 Å². The molecule has 168 valence electrons. The topological polar surface area (TPSA) is 87.5 Å². The van der Waals surface area contributed by atoms with Crippen LogP contribution in [0.25, 0.3) is 11.1 Å². The quantitative estimate of drug-likeness (QED) is 0.397. The molecule has 0 saturated heterocycles. The van der Waals surface area contributed by atoms with E-state index in [1.54, 1.807) is 42.1 Å². The van der Waals surface area contributed by atoms with E-state index in [9.17, 15) is 17.9 Å². The molecule has 0 saturated carbocycles. The number of anilines is 1. The Labute approximate surface area is 188 Å². The fraction of sp³-hybridized carbons (Fsp3) is 0.304. The van der Waals surface area contributed by atoms with E-state index < -0.39 is 29.1 Å². The molecule has 0 radical (unpaired) electrons. The molecule has 3 aromatic rings. The van der Waals surface area contributed by atoms with Crippen LogP contribution in [0.1, 0.15) is 37.1 Å². The molecule has 4 rings (SSSR count). The van der Waals surface area contributed by atoms with E-state index in [0.29, 0.717) is 30.4 Å². The minimum absolute atomic E-state index is 0.0310. The Kier molecular flexibility index (Phi) is 6.66. The van der Waals surface area contributed by atoms with E-state index in [1.165, 1.54) is 10.4 Å². The van der Waals surface area contributed by atoms with Crippen LogP contribution in [0.4, 0.5) is 10.1 Å². The van der Waals surface area contributed by atoms with Gasteiger partial charge in [0.15, 0.2) is 0 Å². The summed E-state index contributed by atoms with van der Waals surface area (Å²) in [4.78, 5) is 11.9. The normalized spacial score (nSPS) is 16.3. The van der Waals surface area contributed by atoms with Crippen molar-refractivity contribution < 1.29 is 22.7 Å². The SMILES string of the molecule is CCOC(=O)Cn1ncc2c1CCCC2N(c1ccc(-c2ccccc2)c(F)c1)S(=O)[O-]. The van der Waals surface area contributed by atoms with Gasteiger partial charge in [0.2, 0.25) is 0 Å². The Bertz CT molecular complexity index is 1140. The molecule has 0 aliphatic heterocycles. The largest absolute Gasteiger partial charge is 0.755 e. The molecule has 0 spiro atoms. The standard InChI is InChI=1S/C23H24FN3O4S/c1-2-31-23(28)15-26-21-9-6-10-22(19(21)14-25-26)27(32(29)30)17-11-12-18(20(24)13-17)16-7-4-3-5-8-16/h3-5,7-8,11-14,22H,2,6,9-10,15H2,1H3,(H,29,30)/p-1. The van der Waals surface area contributed by atoms with E-state index in [0.717, 1.165) is 11.3 Å². The number of nitrogens with zero attached hydrogens (tertiary/aromatic N) is 3. The summed E-state index contributed by atoms with van der Waals surface area (Å²) in [6.45, 7) is 1.98. The van der Waals surface area contributed by atoms with Crippen molar-refractivity contribution >= 4 is 22.9 Å². The number of carbonyl (C=O) groups is 1. The number of benzene rings is 2. The Balaban J connectivity index is 1.66. The highest BCUT2D eigenvalue weighted by molar-refractivity contribution is 7.80. The zero-order chi connectivity index (χ0) is 22.7. The predicted molar refractivity (Wildman–Crippen MR) is 118 cm³/mol. The molecule has 9 heteroatoms. The van der Waals surface area contributed by atoms with Gasteiger partial charge in [-0.25, -0.2) is 4.39 Å². The minimum Gasteiger partial charge on any atom is -0.755 e. The number of rotatable bonds is 7. The number of ether oxygens (including phenoxy) is 1. The van der Waals surface area contributed by atoms with Gasteiger partial charge in [0.05, 0.1) is 24.5 Å². The van der Waals surface area contributed by atoms with Gasteiger partial charge in [0, 0.05) is 28.1 Å². The Morgan fingerprint density at radius 3 is 2.78 bits per heavy atom. The van der Waals surface area contributed by atoms with Crippen molar-refractivity contribution in [1.82, 2.24) is 9.78 Å². The fourth-order valence-electron chi connectivity index (χ4n) is 4.17. The zero-order valence-corrected chi connectivity index (χ0v) is 18.4. The molecule has 0 bridgehead atoms. The highest BCUT2D eigenvalue weighted by Gasteiger charge is 2.31. The van der Waals surface area contributed by atoms with Crippen LogP contribution in [0.15, 0.2) is 54.7 Å². The first-order valence-electron chi connectivity index (χ1n) is 10.4. The molecule has 1 heterocycles. The van der Waals surface area contributed by atoms with Crippen molar-refractivity contribution in [2.75, 3.05) is 10.9 Å². The van der Waals surface area contributed by atoms with Gasteiger partial charge < -0.3 is 9.29 Å². The highest BCUT2D eigenvalue weighted by Crippen LogP contribution is 2.39. The van der Waals surface area contributed by atoms with E-state index in [-0.39, 0.29) is 18.8 Å². The molecule has 2 atom stereocenters. The molecule has 0 fully saturated rings. The lowest BCUT2D eigenvalue weighted by molar-refractivity contribution is -0.144. The van der Waals surface area contributed by atoms with Gasteiger partial charge in [-0.15, -0.1) is 0 Å². The summed E-state index contributed by atoms with van der Waals surface area (Å²) in [7, 11) is 0. The van der Waals surface area contributed by atoms with Crippen molar-refractivity contribution in [1.29, 1.82) is 0 Å². The van der Waals surface area contributed by atoms with Gasteiger partial charge in [-0.2, -0.15) is 5.10 Å². The van der Waals surface area contributed by atoms with Gasteiger partial charge >= 0.3 is 5.97 Å². The first-order chi connectivity index (χ1) is 15.5. The van der Waals surface area contributed by atoms with Crippen LogP contribution < -0.4 is 4.31 Å². The third kappa shape index (κ3) is 4.44. The molecule has 1 aliphatic rings. The summed E-state index contributed by atoms with van der Waals surface area (Å²) in [6.07, 6.45) is 3.54. The molecular formula is C23H23FN3O4S-. The van der Waals surface area contributed by atoms with Crippen LogP contribution in [-0.4, -0.2) is 31.1 Å². The summed E-state index contributed by atoms with van der Waals surface area (Å²) < 4.78 is 47.2. The summed E-state index contributed by atoms with van der Waals surface area (Å²) in [6, 6.07) is 13.0. The molecule has 1 aromatic heterocycles. The summed E-state index contributed by atoms with van der Waals surface area (Å²) in [5.74, 6) is -0.901. The number of hydrogen-bond acceptors (Lipinski definition) is 5. The van der Waals surface area contributed by atoms with Gasteiger partial charge in [0.1, 0.15) is 12.4 Å². The Hall–Kier alpha value is -3.04. The van der Waals surface area contributed by atoms with Crippen molar-refractivity contribution in [3.63, 3.8) is 0 Å². The van der Waals surface area contributed by atoms with Crippen LogP contribution in [0.5, 0.6) is 0 Å². The first kappa shape index (κ1) is 22.2. The van der Waals surface area contributed by atoms with Crippen LogP contribution in [-0.2, 0) is 33.8 Å². The summed E-state index contributed by atoms with van der Waals surface area (Å²) in [5.41, 5.74) is 2.87. The van der Waals surface area contributed by atoms with E-state index in [1.807, 2.05) is 18.2 Å². The smallest absolute Gasteiger partial charge is 0.327 e. The average Bonchev–Trinajstić information content (AvgIpc) is 3.18. The lowest BCUT2D eigenvalue weighted by Gasteiger charge is -2.37. The third-order valence-corrected chi connectivity index (χ3v) is 6.34. The molecule has 0 amide bonds. The maximum Gasteiger partial charge on any atom is 0.327 e. The Morgan fingerprint density at radius 1 is 1.31 bits per heavy atom. The number of halogens is 1. The van der Waals surface area contributed by atoms with E-state index in [2.05, 4.69) is 5.10 Å². The molecule has 1 aliphatic carbocycles. The maximum absolute atomic E-state index is 14.9. The van der Waals surface area contributed by atoms with Crippen LogP contribution >= 0.6 is 0 Å². The van der Waals surface area contributed by atoms with Crippen LogP contribution in [0.2, 0.25) is 0 Å². The molecule has 2 unspecified atom stereocenters. The second-order valence-electron chi connectivity index (χ2n) is 7.49. The second kappa shape index (κ2) is 9.62. The monoisotopic (exact) mass is 456 g/mol. The predicted octanol–water partition coefficient (Wildman–Crippen LogP) is 3.93. The van der Waals surface area contributed by atoms with E-state index >= 15 is 0 Å².